The fourth-order valence-corrected chi connectivity index (χ4v) is 1.36. The summed E-state index contributed by atoms with van der Waals surface area (Å²) in [6.07, 6.45) is 5.60. The molecule has 0 bridgehead atoms. The van der Waals surface area contributed by atoms with Gasteiger partial charge in [0.25, 0.3) is 5.91 Å². The van der Waals surface area contributed by atoms with E-state index in [1.807, 2.05) is 6.07 Å². The standard InChI is InChI=1S/C9H10N2O/c10-9(12)8-5-11-4-3-7(8)6-1-2-6/h3-6H,1-2H2,(H2,10,12). The molecule has 0 aliphatic heterocycles. The predicted octanol–water partition coefficient (Wildman–Crippen LogP) is 1.06. The molecule has 0 atom stereocenters. The summed E-state index contributed by atoms with van der Waals surface area (Å²) in [5.41, 5.74) is 6.85. The normalized spacial score (nSPS) is 16.0. The van der Waals surface area contributed by atoms with Crippen molar-refractivity contribution in [3.05, 3.63) is 29.6 Å². The van der Waals surface area contributed by atoms with Gasteiger partial charge >= 0.3 is 0 Å². The molecule has 1 aromatic heterocycles. The van der Waals surface area contributed by atoms with Crippen LogP contribution in [0.2, 0.25) is 0 Å². The largest absolute Gasteiger partial charge is 0.366 e. The minimum atomic E-state index is -0.370. The number of hydrogen-bond acceptors (Lipinski definition) is 2. The van der Waals surface area contributed by atoms with E-state index in [9.17, 15) is 4.79 Å². The van der Waals surface area contributed by atoms with Crippen molar-refractivity contribution < 1.29 is 4.79 Å². The predicted molar refractivity (Wildman–Crippen MR) is 44.7 cm³/mol. The van der Waals surface area contributed by atoms with Crippen LogP contribution in [0, 0.1) is 0 Å². The van der Waals surface area contributed by atoms with Crippen molar-refractivity contribution in [1.29, 1.82) is 0 Å². The Bertz CT molecular complexity index is 318. The molecule has 1 aliphatic rings. The fourth-order valence-electron chi connectivity index (χ4n) is 1.36. The molecular formula is C9H10N2O. The molecule has 0 radical (unpaired) electrons. The number of amides is 1. The summed E-state index contributed by atoms with van der Waals surface area (Å²) in [5.74, 6) is 0.181. The van der Waals surface area contributed by atoms with Crippen LogP contribution in [-0.2, 0) is 0 Å². The summed E-state index contributed by atoms with van der Waals surface area (Å²) in [6.45, 7) is 0. The van der Waals surface area contributed by atoms with Crippen molar-refractivity contribution >= 4 is 5.91 Å². The molecule has 3 heteroatoms. The average Bonchev–Trinajstić information content (AvgIpc) is 2.87. The van der Waals surface area contributed by atoms with E-state index in [-0.39, 0.29) is 5.91 Å². The van der Waals surface area contributed by atoms with Crippen molar-refractivity contribution in [3.63, 3.8) is 0 Å². The Morgan fingerprint density at radius 3 is 2.92 bits per heavy atom. The van der Waals surface area contributed by atoms with Crippen molar-refractivity contribution in [1.82, 2.24) is 4.98 Å². The molecule has 0 unspecified atom stereocenters. The topological polar surface area (TPSA) is 56.0 Å². The van der Waals surface area contributed by atoms with Crippen LogP contribution in [-0.4, -0.2) is 10.9 Å². The van der Waals surface area contributed by atoms with E-state index in [2.05, 4.69) is 4.98 Å². The lowest BCUT2D eigenvalue weighted by Crippen LogP contribution is -2.13. The van der Waals surface area contributed by atoms with Gasteiger partial charge in [-0.2, -0.15) is 0 Å². The Morgan fingerprint density at radius 2 is 2.33 bits per heavy atom. The van der Waals surface area contributed by atoms with Crippen LogP contribution in [0.3, 0.4) is 0 Å². The summed E-state index contributed by atoms with van der Waals surface area (Å²) < 4.78 is 0. The maximum absolute atomic E-state index is 10.9. The molecule has 0 saturated heterocycles. The molecule has 2 rings (SSSR count). The quantitative estimate of drug-likeness (QED) is 0.706. The van der Waals surface area contributed by atoms with Gasteiger partial charge in [0.1, 0.15) is 0 Å². The number of nitrogens with zero attached hydrogens (tertiary/aromatic N) is 1. The van der Waals surface area contributed by atoms with Gasteiger partial charge < -0.3 is 5.73 Å². The Balaban J connectivity index is 2.43. The Labute approximate surface area is 70.6 Å². The van der Waals surface area contributed by atoms with E-state index in [1.54, 1.807) is 12.4 Å². The summed E-state index contributed by atoms with van der Waals surface area (Å²) in [6, 6.07) is 1.89. The van der Waals surface area contributed by atoms with Gasteiger partial charge in [-0.15, -0.1) is 0 Å². The highest BCUT2D eigenvalue weighted by molar-refractivity contribution is 5.94. The highest BCUT2D eigenvalue weighted by atomic mass is 16.1. The smallest absolute Gasteiger partial charge is 0.250 e. The van der Waals surface area contributed by atoms with E-state index < -0.39 is 0 Å². The summed E-state index contributed by atoms with van der Waals surface area (Å²) in [7, 11) is 0. The van der Waals surface area contributed by atoms with Gasteiger partial charge in [0.2, 0.25) is 0 Å². The third-order valence-corrected chi connectivity index (χ3v) is 2.14. The van der Waals surface area contributed by atoms with Crippen LogP contribution in [0.5, 0.6) is 0 Å². The molecular weight excluding hydrogens is 152 g/mol. The third-order valence-electron chi connectivity index (χ3n) is 2.14. The van der Waals surface area contributed by atoms with Gasteiger partial charge in [-0.3, -0.25) is 9.78 Å². The van der Waals surface area contributed by atoms with Gasteiger partial charge in [-0.25, -0.2) is 0 Å². The van der Waals surface area contributed by atoms with Crippen LogP contribution in [0.15, 0.2) is 18.5 Å². The Morgan fingerprint density at radius 1 is 1.58 bits per heavy atom. The highest BCUT2D eigenvalue weighted by Crippen LogP contribution is 2.41. The lowest BCUT2D eigenvalue weighted by molar-refractivity contribution is 0.0999. The number of rotatable bonds is 2. The minimum Gasteiger partial charge on any atom is -0.366 e. The maximum atomic E-state index is 10.9. The number of aromatic nitrogens is 1. The molecule has 12 heavy (non-hydrogen) atoms. The van der Waals surface area contributed by atoms with Crippen LogP contribution in [0.25, 0.3) is 0 Å². The lowest BCUT2D eigenvalue weighted by Gasteiger charge is -2.02. The van der Waals surface area contributed by atoms with Crippen LogP contribution in [0.1, 0.15) is 34.7 Å². The van der Waals surface area contributed by atoms with E-state index >= 15 is 0 Å². The number of hydrogen-bond donors (Lipinski definition) is 1. The highest BCUT2D eigenvalue weighted by Gasteiger charge is 2.27. The zero-order chi connectivity index (χ0) is 8.55. The first-order valence-electron chi connectivity index (χ1n) is 4.03. The first-order chi connectivity index (χ1) is 5.79. The molecule has 1 fully saturated rings. The molecule has 1 aromatic rings. The maximum Gasteiger partial charge on any atom is 0.250 e. The minimum absolute atomic E-state index is 0.370. The van der Waals surface area contributed by atoms with Gasteiger partial charge in [0.15, 0.2) is 0 Å². The van der Waals surface area contributed by atoms with E-state index in [0.717, 1.165) is 5.56 Å². The van der Waals surface area contributed by atoms with Gasteiger partial charge in [-0.05, 0) is 30.4 Å². The summed E-state index contributed by atoms with van der Waals surface area (Å²) in [4.78, 5) is 14.8. The van der Waals surface area contributed by atoms with Gasteiger partial charge in [0.05, 0.1) is 5.56 Å². The monoisotopic (exact) mass is 162 g/mol. The van der Waals surface area contributed by atoms with Crippen molar-refractivity contribution in [2.45, 2.75) is 18.8 Å². The molecule has 0 aromatic carbocycles. The molecule has 62 valence electrons. The van der Waals surface area contributed by atoms with Crippen LogP contribution < -0.4 is 5.73 Å². The Hall–Kier alpha value is -1.38. The second-order valence-electron chi connectivity index (χ2n) is 3.10. The molecule has 1 amide bonds. The van der Waals surface area contributed by atoms with Gasteiger partial charge in [-0.1, -0.05) is 0 Å². The molecule has 1 aliphatic carbocycles. The molecule has 1 saturated carbocycles. The number of carbonyl (C=O) groups excluding carboxylic acids is 1. The fraction of sp³-hybridized carbons (Fsp3) is 0.333. The number of primary amides is 1. The summed E-state index contributed by atoms with van der Waals surface area (Å²) in [5, 5.41) is 0. The van der Waals surface area contributed by atoms with E-state index in [4.69, 9.17) is 5.73 Å². The SMILES string of the molecule is NC(=O)c1cnccc1C1CC1. The molecule has 3 nitrogen and oxygen atoms in total. The van der Waals surface area contributed by atoms with E-state index in [1.165, 1.54) is 12.8 Å². The number of nitrogens with two attached hydrogens (primary N) is 1. The second kappa shape index (κ2) is 2.59. The van der Waals surface area contributed by atoms with Crippen molar-refractivity contribution in [3.8, 4) is 0 Å². The van der Waals surface area contributed by atoms with Crippen LogP contribution in [0.4, 0.5) is 0 Å². The number of carbonyl (C=O) groups is 1. The number of pyridine rings is 1. The first kappa shape index (κ1) is 7.28. The summed E-state index contributed by atoms with van der Waals surface area (Å²) >= 11 is 0. The average molecular weight is 162 g/mol. The van der Waals surface area contributed by atoms with E-state index in [0.29, 0.717) is 11.5 Å². The first-order valence-corrected chi connectivity index (χ1v) is 4.03. The Kier molecular flexibility index (Phi) is 1.57. The van der Waals surface area contributed by atoms with Gasteiger partial charge in [0, 0.05) is 12.4 Å². The molecule has 0 spiro atoms. The lowest BCUT2D eigenvalue weighted by atomic mass is 10.1. The van der Waals surface area contributed by atoms with Crippen LogP contribution >= 0.6 is 0 Å². The third kappa shape index (κ3) is 1.18. The molecule has 1 heterocycles. The van der Waals surface area contributed by atoms with Crippen molar-refractivity contribution in [2.24, 2.45) is 5.73 Å². The zero-order valence-corrected chi connectivity index (χ0v) is 6.66. The van der Waals surface area contributed by atoms with Crippen molar-refractivity contribution in [2.75, 3.05) is 0 Å². The second-order valence-corrected chi connectivity index (χ2v) is 3.10. The molecule has 2 N–H and O–H groups in total. The zero-order valence-electron chi connectivity index (χ0n) is 6.66.